The SMILES string of the molecule is CC(C)COCCOC(CI)c1ccc(F)cc1. The summed E-state index contributed by atoms with van der Waals surface area (Å²) in [6.45, 7) is 6.17. The minimum atomic E-state index is -0.216. The van der Waals surface area contributed by atoms with Crippen molar-refractivity contribution in [3.05, 3.63) is 35.6 Å². The molecule has 0 aliphatic rings. The van der Waals surface area contributed by atoms with Crippen LogP contribution in [0.25, 0.3) is 0 Å². The van der Waals surface area contributed by atoms with Crippen molar-refractivity contribution in [3.63, 3.8) is 0 Å². The lowest BCUT2D eigenvalue weighted by atomic mass is 10.1. The van der Waals surface area contributed by atoms with E-state index in [0.29, 0.717) is 19.1 Å². The summed E-state index contributed by atoms with van der Waals surface area (Å²) in [5.74, 6) is 0.327. The van der Waals surface area contributed by atoms with Crippen LogP contribution >= 0.6 is 22.6 Å². The molecule has 0 aliphatic heterocycles. The van der Waals surface area contributed by atoms with Crippen molar-refractivity contribution in [1.29, 1.82) is 0 Å². The Balaban J connectivity index is 2.31. The summed E-state index contributed by atoms with van der Waals surface area (Å²) >= 11 is 2.27. The largest absolute Gasteiger partial charge is 0.379 e. The Morgan fingerprint density at radius 2 is 1.83 bits per heavy atom. The van der Waals surface area contributed by atoms with Crippen LogP contribution in [0.1, 0.15) is 25.5 Å². The zero-order valence-corrected chi connectivity index (χ0v) is 13.0. The average molecular weight is 366 g/mol. The summed E-state index contributed by atoms with van der Waals surface area (Å²) in [5.41, 5.74) is 1.01. The second-order valence-corrected chi connectivity index (χ2v) is 5.41. The molecule has 0 aromatic heterocycles. The van der Waals surface area contributed by atoms with E-state index in [4.69, 9.17) is 9.47 Å². The zero-order valence-electron chi connectivity index (χ0n) is 10.9. The van der Waals surface area contributed by atoms with Crippen molar-refractivity contribution in [2.75, 3.05) is 24.2 Å². The van der Waals surface area contributed by atoms with Gasteiger partial charge in [-0.15, -0.1) is 0 Å². The average Bonchev–Trinajstić information content (AvgIpc) is 2.35. The van der Waals surface area contributed by atoms with Crippen LogP contribution in [0.4, 0.5) is 4.39 Å². The molecule has 0 saturated carbocycles. The fourth-order valence-electron chi connectivity index (χ4n) is 1.48. The van der Waals surface area contributed by atoms with Crippen LogP contribution in [-0.2, 0) is 9.47 Å². The minimum Gasteiger partial charge on any atom is -0.379 e. The molecule has 1 aromatic carbocycles. The molecular formula is C14H20FIO2. The second-order valence-electron chi connectivity index (χ2n) is 4.53. The molecule has 0 saturated heterocycles. The third kappa shape index (κ3) is 6.11. The highest BCUT2D eigenvalue weighted by Crippen LogP contribution is 2.20. The Hall–Kier alpha value is -0.200. The molecule has 0 amide bonds. The molecule has 18 heavy (non-hydrogen) atoms. The molecular weight excluding hydrogens is 346 g/mol. The van der Waals surface area contributed by atoms with Crippen LogP contribution in [0.15, 0.2) is 24.3 Å². The standard InChI is InChI=1S/C14H20FIO2/c1-11(2)10-17-7-8-18-14(9-16)12-3-5-13(15)6-4-12/h3-6,11,14H,7-10H2,1-2H3. The Labute approximate surface area is 122 Å². The first-order valence-corrected chi connectivity index (χ1v) is 7.66. The maximum atomic E-state index is 12.8. The van der Waals surface area contributed by atoms with Gasteiger partial charge in [-0.3, -0.25) is 0 Å². The number of hydrogen-bond acceptors (Lipinski definition) is 2. The number of halogens is 2. The minimum absolute atomic E-state index is 0.00819. The Morgan fingerprint density at radius 3 is 2.39 bits per heavy atom. The van der Waals surface area contributed by atoms with Gasteiger partial charge in [-0.2, -0.15) is 0 Å². The van der Waals surface area contributed by atoms with Gasteiger partial charge in [0, 0.05) is 11.0 Å². The summed E-state index contributed by atoms with van der Waals surface area (Å²) in [4.78, 5) is 0. The molecule has 1 atom stereocenters. The maximum Gasteiger partial charge on any atom is 0.123 e. The molecule has 1 rings (SSSR count). The molecule has 1 aromatic rings. The Morgan fingerprint density at radius 1 is 1.17 bits per heavy atom. The highest BCUT2D eigenvalue weighted by atomic mass is 127. The summed E-state index contributed by atoms with van der Waals surface area (Å²) in [6.07, 6.45) is 0.00819. The molecule has 1 unspecified atom stereocenters. The number of rotatable bonds is 8. The van der Waals surface area contributed by atoms with E-state index in [1.54, 1.807) is 12.1 Å². The van der Waals surface area contributed by atoms with Crippen LogP contribution in [-0.4, -0.2) is 24.2 Å². The molecule has 0 heterocycles. The monoisotopic (exact) mass is 366 g/mol. The van der Waals surface area contributed by atoms with Crippen LogP contribution in [0, 0.1) is 11.7 Å². The lowest BCUT2D eigenvalue weighted by Crippen LogP contribution is -2.12. The van der Waals surface area contributed by atoms with Crippen molar-refractivity contribution in [3.8, 4) is 0 Å². The molecule has 0 spiro atoms. The number of ether oxygens (including phenoxy) is 2. The van der Waals surface area contributed by atoms with Gasteiger partial charge in [0.2, 0.25) is 0 Å². The molecule has 4 heteroatoms. The van der Waals surface area contributed by atoms with Crippen molar-refractivity contribution in [2.45, 2.75) is 20.0 Å². The van der Waals surface area contributed by atoms with Gasteiger partial charge >= 0.3 is 0 Å². The van der Waals surface area contributed by atoms with E-state index in [1.807, 2.05) is 0 Å². The summed E-state index contributed by atoms with van der Waals surface area (Å²) in [7, 11) is 0. The molecule has 0 aliphatic carbocycles. The highest BCUT2D eigenvalue weighted by molar-refractivity contribution is 14.1. The highest BCUT2D eigenvalue weighted by Gasteiger charge is 2.10. The summed E-state index contributed by atoms with van der Waals surface area (Å²) in [6, 6.07) is 6.47. The third-order valence-electron chi connectivity index (χ3n) is 2.38. The first-order chi connectivity index (χ1) is 8.63. The van der Waals surface area contributed by atoms with Crippen LogP contribution < -0.4 is 0 Å². The van der Waals surface area contributed by atoms with Gasteiger partial charge in [-0.05, 0) is 23.6 Å². The van der Waals surface area contributed by atoms with E-state index in [0.717, 1.165) is 16.6 Å². The van der Waals surface area contributed by atoms with Crippen LogP contribution in [0.3, 0.4) is 0 Å². The van der Waals surface area contributed by atoms with Gasteiger partial charge in [-0.1, -0.05) is 48.6 Å². The van der Waals surface area contributed by atoms with Crippen molar-refractivity contribution in [1.82, 2.24) is 0 Å². The first kappa shape index (κ1) is 15.9. The van der Waals surface area contributed by atoms with E-state index >= 15 is 0 Å². The lowest BCUT2D eigenvalue weighted by Gasteiger charge is -2.16. The summed E-state index contributed by atoms with van der Waals surface area (Å²) in [5, 5.41) is 0. The summed E-state index contributed by atoms with van der Waals surface area (Å²) < 4.78 is 24.9. The molecule has 102 valence electrons. The van der Waals surface area contributed by atoms with Gasteiger partial charge in [0.05, 0.1) is 19.3 Å². The Kier molecular flexibility index (Phi) is 7.77. The van der Waals surface area contributed by atoms with E-state index in [2.05, 4.69) is 36.4 Å². The predicted octanol–water partition coefficient (Wildman–Crippen LogP) is 3.99. The van der Waals surface area contributed by atoms with Crippen molar-refractivity contribution < 1.29 is 13.9 Å². The van der Waals surface area contributed by atoms with E-state index in [9.17, 15) is 4.39 Å². The molecule has 0 bridgehead atoms. The first-order valence-electron chi connectivity index (χ1n) is 6.14. The third-order valence-corrected chi connectivity index (χ3v) is 3.18. The van der Waals surface area contributed by atoms with E-state index in [-0.39, 0.29) is 11.9 Å². The van der Waals surface area contributed by atoms with Crippen LogP contribution in [0.5, 0.6) is 0 Å². The molecule has 2 nitrogen and oxygen atoms in total. The number of benzene rings is 1. The quantitative estimate of drug-likeness (QED) is 0.394. The topological polar surface area (TPSA) is 18.5 Å². The van der Waals surface area contributed by atoms with Crippen molar-refractivity contribution in [2.24, 2.45) is 5.92 Å². The lowest BCUT2D eigenvalue weighted by molar-refractivity contribution is 0.00818. The van der Waals surface area contributed by atoms with Gasteiger partial charge in [0.1, 0.15) is 5.82 Å². The fourth-order valence-corrected chi connectivity index (χ4v) is 2.24. The second kappa shape index (κ2) is 8.82. The number of hydrogen-bond donors (Lipinski definition) is 0. The van der Waals surface area contributed by atoms with Gasteiger partial charge < -0.3 is 9.47 Å². The smallest absolute Gasteiger partial charge is 0.123 e. The van der Waals surface area contributed by atoms with Crippen molar-refractivity contribution >= 4 is 22.6 Å². The number of alkyl halides is 1. The van der Waals surface area contributed by atoms with Gasteiger partial charge in [0.25, 0.3) is 0 Å². The van der Waals surface area contributed by atoms with Crippen LogP contribution in [0.2, 0.25) is 0 Å². The van der Waals surface area contributed by atoms with E-state index < -0.39 is 0 Å². The maximum absolute atomic E-state index is 12.8. The Bertz CT molecular complexity index is 327. The molecule has 0 radical (unpaired) electrons. The fraction of sp³-hybridized carbons (Fsp3) is 0.571. The molecule has 0 N–H and O–H groups in total. The predicted molar refractivity (Wildman–Crippen MR) is 79.6 cm³/mol. The molecule has 0 fully saturated rings. The van der Waals surface area contributed by atoms with Gasteiger partial charge in [0.15, 0.2) is 0 Å². The van der Waals surface area contributed by atoms with Gasteiger partial charge in [-0.25, -0.2) is 4.39 Å². The van der Waals surface area contributed by atoms with E-state index in [1.165, 1.54) is 12.1 Å². The zero-order chi connectivity index (χ0) is 13.4. The normalized spacial score (nSPS) is 12.9.